The number of rotatable bonds is 10. The third-order valence-corrected chi connectivity index (χ3v) is 4.09. The van der Waals surface area contributed by atoms with Gasteiger partial charge in [0.15, 0.2) is 0 Å². The first-order valence-electron chi connectivity index (χ1n) is 8.58. The van der Waals surface area contributed by atoms with Crippen molar-refractivity contribution in [2.24, 2.45) is 0 Å². The van der Waals surface area contributed by atoms with E-state index in [2.05, 4.69) is 63.2 Å². The lowest BCUT2D eigenvalue weighted by molar-refractivity contribution is 0.239. The van der Waals surface area contributed by atoms with E-state index >= 15 is 0 Å². The molecule has 1 rings (SSSR count). The van der Waals surface area contributed by atoms with Crippen LogP contribution in [0.15, 0.2) is 18.2 Å². The number of aryl methyl sites for hydroxylation is 2. The Labute approximate surface area is 131 Å². The largest absolute Gasteiger partial charge is 0.312 e. The summed E-state index contributed by atoms with van der Waals surface area (Å²) in [6.07, 6.45) is 5.15. The number of benzene rings is 1. The van der Waals surface area contributed by atoms with Crippen LogP contribution < -0.4 is 5.32 Å². The molecule has 1 aromatic carbocycles. The van der Waals surface area contributed by atoms with Gasteiger partial charge in [-0.1, -0.05) is 56.0 Å². The predicted molar refractivity (Wildman–Crippen MR) is 94.0 cm³/mol. The van der Waals surface area contributed by atoms with Crippen molar-refractivity contribution in [1.82, 2.24) is 10.2 Å². The molecule has 0 heterocycles. The van der Waals surface area contributed by atoms with Gasteiger partial charge < -0.3 is 10.2 Å². The molecule has 1 aromatic rings. The van der Waals surface area contributed by atoms with Crippen molar-refractivity contribution >= 4 is 0 Å². The molecule has 0 spiro atoms. The highest BCUT2D eigenvalue weighted by atomic mass is 15.1. The molecule has 0 fully saturated rings. The molecular formula is C19H34N2. The Morgan fingerprint density at radius 3 is 1.90 bits per heavy atom. The molecule has 120 valence electrons. The fourth-order valence-corrected chi connectivity index (χ4v) is 2.89. The molecule has 0 saturated carbocycles. The Hall–Kier alpha value is -0.860. The zero-order valence-electron chi connectivity index (χ0n) is 14.7. The van der Waals surface area contributed by atoms with Crippen LogP contribution in [-0.4, -0.2) is 31.6 Å². The van der Waals surface area contributed by atoms with Crippen molar-refractivity contribution in [3.63, 3.8) is 0 Å². The lowest BCUT2D eigenvalue weighted by Gasteiger charge is -2.28. The van der Waals surface area contributed by atoms with Crippen LogP contribution in [0.25, 0.3) is 0 Å². The summed E-state index contributed by atoms with van der Waals surface area (Å²) in [5.41, 5.74) is 4.14. The molecule has 0 aliphatic heterocycles. The molecule has 2 heteroatoms. The first kappa shape index (κ1) is 18.2. The molecule has 0 amide bonds. The number of nitrogens with one attached hydrogen (secondary N) is 1. The number of unbranched alkanes of at least 4 members (excludes halogenated alkanes) is 2. The minimum atomic E-state index is 0.428. The van der Waals surface area contributed by atoms with Crippen LogP contribution >= 0.6 is 0 Å². The first-order chi connectivity index (χ1) is 10.1. The van der Waals surface area contributed by atoms with E-state index in [1.54, 1.807) is 0 Å². The first-order valence-corrected chi connectivity index (χ1v) is 8.58. The summed E-state index contributed by atoms with van der Waals surface area (Å²) in [5.74, 6) is 0. The third kappa shape index (κ3) is 6.62. The predicted octanol–water partition coefficient (Wildman–Crippen LogP) is 4.47. The fraction of sp³-hybridized carbons (Fsp3) is 0.684. The fourth-order valence-electron chi connectivity index (χ4n) is 2.89. The molecule has 0 bridgehead atoms. The zero-order valence-corrected chi connectivity index (χ0v) is 14.7. The Balaban J connectivity index is 2.75. The van der Waals surface area contributed by atoms with Crippen molar-refractivity contribution < 1.29 is 0 Å². The summed E-state index contributed by atoms with van der Waals surface area (Å²) in [6.45, 7) is 12.5. The highest BCUT2D eigenvalue weighted by Crippen LogP contribution is 2.18. The smallest absolute Gasteiger partial charge is 0.0447 e. The maximum absolute atomic E-state index is 3.51. The van der Waals surface area contributed by atoms with Gasteiger partial charge in [0.25, 0.3) is 0 Å². The van der Waals surface area contributed by atoms with E-state index in [1.165, 1.54) is 55.5 Å². The normalized spacial score (nSPS) is 12.9. The third-order valence-electron chi connectivity index (χ3n) is 4.09. The molecule has 2 nitrogen and oxygen atoms in total. The van der Waals surface area contributed by atoms with Crippen molar-refractivity contribution in [2.75, 3.05) is 26.7 Å². The lowest BCUT2D eigenvalue weighted by atomic mass is 10.0. The van der Waals surface area contributed by atoms with E-state index in [-0.39, 0.29) is 0 Å². The highest BCUT2D eigenvalue weighted by molar-refractivity contribution is 5.30. The SMILES string of the molecule is CCCCN(CCCC)CC(NC)c1cc(C)cc(C)c1. The van der Waals surface area contributed by atoms with E-state index in [0.29, 0.717) is 6.04 Å². The second-order valence-corrected chi connectivity index (χ2v) is 6.27. The van der Waals surface area contributed by atoms with Gasteiger partial charge in [-0.3, -0.25) is 0 Å². The Morgan fingerprint density at radius 1 is 0.952 bits per heavy atom. The second-order valence-electron chi connectivity index (χ2n) is 6.27. The van der Waals surface area contributed by atoms with Gasteiger partial charge in [-0.25, -0.2) is 0 Å². The number of hydrogen-bond acceptors (Lipinski definition) is 2. The maximum Gasteiger partial charge on any atom is 0.0447 e. The number of hydrogen-bond donors (Lipinski definition) is 1. The van der Waals surface area contributed by atoms with Crippen LogP contribution in [0.5, 0.6) is 0 Å². The van der Waals surface area contributed by atoms with Crippen LogP contribution in [0.1, 0.15) is 62.3 Å². The van der Waals surface area contributed by atoms with Crippen LogP contribution in [0.2, 0.25) is 0 Å². The topological polar surface area (TPSA) is 15.3 Å². The summed E-state index contributed by atoms with van der Waals surface area (Å²) < 4.78 is 0. The summed E-state index contributed by atoms with van der Waals surface area (Å²) in [5, 5.41) is 3.51. The summed E-state index contributed by atoms with van der Waals surface area (Å²) in [4.78, 5) is 2.63. The molecule has 0 saturated heterocycles. The van der Waals surface area contributed by atoms with E-state index in [9.17, 15) is 0 Å². The van der Waals surface area contributed by atoms with Crippen molar-refractivity contribution in [3.05, 3.63) is 34.9 Å². The van der Waals surface area contributed by atoms with Gasteiger partial charge in [0.2, 0.25) is 0 Å². The molecular weight excluding hydrogens is 256 g/mol. The van der Waals surface area contributed by atoms with Crippen LogP contribution in [-0.2, 0) is 0 Å². The average Bonchev–Trinajstić information content (AvgIpc) is 2.45. The number of likely N-dealkylation sites (N-methyl/N-ethyl adjacent to an activating group) is 1. The molecule has 1 N–H and O–H groups in total. The van der Waals surface area contributed by atoms with Gasteiger partial charge in [-0.05, 0) is 52.4 Å². The Morgan fingerprint density at radius 2 is 1.48 bits per heavy atom. The lowest BCUT2D eigenvalue weighted by Crippen LogP contribution is -2.35. The average molecular weight is 290 g/mol. The van der Waals surface area contributed by atoms with Crippen LogP contribution in [0, 0.1) is 13.8 Å². The van der Waals surface area contributed by atoms with Gasteiger partial charge in [-0.15, -0.1) is 0 Å². The summed E-state index contributed by atoms with van der Waals surface area (Å²) >= 11 is 0. The van der Waals surface area contributed by atoms with Gasteiger partial charge in [-0.2, -0.15) is 0 Å². The second kappa shape index (κ2) is 9.97. The van der Waals surface area contributed by atoms with Crippen LogP contribution in [0.3, 0.4) is 0 Å². The van der Waals surface area contributed by atoms with Crippen LogP contribution in [0.4, 0.5) is 0 Å². The van der Waals surface area contributed by atoms with Gasteiger partial charge >= 0.3 is 0 Å². The zero-order chi connectivity index (χ0) is 15.7. The summed E-state index contributed by atoms with van der Waals surface area (Å²) in [7, 11) is 2.08. The maximum atomic E-state index is 3.51. The monoisotopic (exact) mass is 290 g/mol. The number of nitrogens with zero attached hydrogens (tertiary/aromatic N) is 1. The minimum absolute atomic E-state index is 0.428. The molecule has 0 aliphatic carbocycles. The van der Waals surface area contributed by atoms with Gasteiger partial charge in [0, 0.05) is 12.6 Å². The molecule has 1 unspecified atom stereocenters. The summed E-state index contributed by atoms with van der Waals surface area (Å²) in [6, 6.07) is 7.33. The van der Waals surface area contributed by atoms with E-state index in [4.69, 9.17) is 0 Å². The molecule has 0 aromatic heterocycles. The van der Waals surface area contributed by atoms with E-state index in [1.807, 2.05) is 0 Å². The van der Waals surface area contributed by atoms with E-state index in [0.717, 1.165) is 6.54 Å². The quantitative estimate of drug-likeness (QED) is 0.684. The van der Waals surface area contributed by atoms with Gasteiger partial charge in [0.1, 0.15) is 0 Å². The standard InChI is InChI=1S/C19H34N2/c1-6-8-10-21(11-9-7-2)15-19(20-5)18-13-16(3)12-17(4)14-18/h12-14,19-20H,6-11,15H2,1-5H3. The van der Waals surface area contributed by atoms with Gasteiger partial charge in [0.05, 0.1) is 0 Å². The van der Waals surface area contributed by atoms with Crippen molar-refractivity contribution in [3.8, 4) is 0 Å². The molecule has 0 radical (unpaired) electrons. The van der Waals surface area contributed by atoms with Crippen molar-refractivity contribution in [1.29, 1.82) is 0 Å². The molecule has 1 atom stereocenters. The highest BCUT2D eigenvalue weighted by Gasteiger charge is 2.14. The van der Waals surface area contributed by atoms with Crippen molar-refractivity contribution in [2.45, 2.75) is 59.4 Å². The minimum Gasteiger partial charge on any atom is -0.312 e. The Bertz CT molecular complexity index is 372. The Kier molecular flexibility index (Phi) is 8.63. The molecule has 0 aliphatic rings. The van der Waals surface area contributed by atoms with E-state index < -0.39 is 0 Å². The molecule has 21 heavy (non-hydrogen) atoms.